The van der Waals surface area contributed by atoms with E-state index >= 15 is 0 Å². The first-order valence-electron chi connectivity index (χ1n) is 11.4. The Hall–Kier alpha value is -2.99. The van der Waals surface area contributed by atoms with Gasteiger partial charge in [-0.25, -0.2) is 0 Å². The van der Waals surface area contributed by atoms with Crippen LogP contribution in [0.1, 0.15) is 54.8 Å². The zero-order chi connectivity index (χ0) is 22.7. The third-order valence-electron chi connectivity index (χ3n) is 6.62. The minimum absolute atomic E-state index is 0.0169. The predicted octanol–water partition coefficient (Wildman–Crippen LogP) is 4.75. The molecule has 4 rings (SSSR count). The first-order chi connectivity index (χ1) is 15.4. The number of hydrogen-bond acceptors (Lipinski definition) is 5. The number of hydrogen-bond donors (Lipinski definition) is 0. The summed E-state index contributed by atoms with van der Waals surface area (Å²) in [4.78, 5) is 17.1. The molecule has 0 spiro atoms. The molecule has 6 heteroatoms. The van der Waals surface area contributed by atoms with Crippen molar-refractivity contribution in [3.63, 3.8) is 0 Å². The van der Waals surface area contributed by atoms with Gasteiger partial charge in [0, 0.05) is 38.2 Å². The second kappa shape index (κ2) is 9.65. The summed E-state index contributed by atoms with van der Waals surface area (Å²) in [6, 6.07) is 16.4. The summed E-state index contributed by atoms with van der Waals surface area (Å²) in [5.41, 5.74) is 4.61. The quantitative estimate of drug-likeness (QED) is 0.562. The van der Waals surface area contributed by atoms with Crippen molar-refractivity contribution in [2.24, 2.45) is 0 Å². The summed E-state index contributed by atoms with van der Waals surface area (Å²) in [5.74, 6) is 1.63. The molecule has 1 fully saturated rings. The summed E-state index contributed by atoms with van der Waals surface area (Å²) >= 11 is 0. The molecule has 2 heterocycles. The highest BCUT2D eigenvalue weighted by Crippen LogP contribution is 2.26. The highest BCUT2D eigenvalue weighted by atomic mass is 16.4. The second-order valence-electron chi connectivity index (χ2n) is 8.85. The monoisotopic (exact) mass is 432 g/mol. The van der Waals surface area contributed by atoms with Crippen molar-refractivity contribution in [2.45, 2.75) is 46.1 Å². The van der Waals surface area contributed by atoms with Crippen LogP contribution in [0.3, 0.4) is 0 Å². The smallest absolute Gasteiger partial charge is 0.247 e. The van der Waals surface area contributed by atoms with Crippen LogP contribution in [0.4, 0.5) is 0 Å². The summed E-state index contributed by atoms with van der Waals surface area (Å²) in [7, 11) is 0. The molecule has 0 N–H and O–H groups in total. The Morgan fingerprint density at radius 3 is 2.38 bits per heavy atom. The summed E-state index contributed by atoms with van der Waals surface area (Å²) < 4.78 is 6.01. The van der Waals surface area contributed by atoms with E-state index in [1.165, 1.54) is 16.7 Å². The molecule has 0 aliphatic carbocycles. The molecule has 1 amide bonds. The van der Waals surface area contributed by atoms with E-state index in [1.54, 1.807) is 0 Å². The molecule has 0 radical (unpaired) electrons. The number of aryl methyl sites for hydroxylation is 2. The van der Waals surface area contributed by atoms with Crippen molar-refractivity contribution < 1.29 is 9.21 Å². The van der Waals surface area contributed by atoms with Crippen LogP contribution >= 0.6 is 0 Å². The lowest BCUT2D eigenvalue weighted by atomic mass is 9.97. The van der Waals surface area contributed by atoms with Gasteiger partial charge >= 0.3 is 0 Å². The number of piperazine rings is 1. The summed E-state index contributed by atoms with van der Waals surface area (Å²) in [6.07, 6.45) is 0.544. The van der Waals surface area contributed by atoms with Gasteiger partial charge in [0.2, 0.25) is 17.7 Å². The van der Waals surface area contributed by atoms with Crippen LogP contribution in [0.25, 0.3) is 11.5 Å². The number of carbonyl (C=O) groups is 1. The maximum atomic E-state index is 12.8. The van der Waals surface area contributed by atoms with Gasteiger partial charge in [0.1, 0.15) is 0 Å². The molecule has 0 saturated carbocycles. The molecule has 1 aliphatic rings. The number of benzene rings is 2. The molecule has 2 unspecified atom stereocenters. The molecule has 2 atom stereocenters. The summed E-state index contributed by atoms with van der Waals surface area (Å²) in [5, 5.41) is 8.58. The van der Waals surface area contributed by atoms with Gasteiger partial charge in [-0.15, -0.1) is 10.2 Å². The Morgan fingerprint density at radius 2 is 1.69 bits per heavy atom. The van der Waals surface area contributed by atoms with Crippen LogP contribution < -0.4 is 0 Å². The molecule has 1 saturated heterocycles. The maximum absolute atomic E-state index is 12.8. The highest BCUT2D eigenvalue weighted by Gasteiger charge is 2.28. The van der Waals surface area contributed by atoms with E-state index in [2.05, 4.69) is 67.1 Å². The van der Waals surface area contributed by atoms with Crippen LogP contribution in [-0.2, 0) is 4.79 Å². The van der Waals surface area contributed by atoms with Gasteiger partial charge in [-0.1, -0.05) is 43.3 Å². The Labute approximate surface area is 190 Å². The van der Waals surface area contributed by atoms with Crippen molar-refractivity contribution in [1.29, 1.82) is 0 Å². The molecule has 168 valence electrons. The fourth-order valence-electron chi connectivity index (χ4n) is 4.20. The van der Waals surface area contributed by atoms with Gasteiger partial charge in [0.25, 0.3) is 0 Å². The first kappa shape index (κ1) is 22.2. The topological polar surface area (TPSA) is 62.5 Å². The lowest BCUT2D eigenvalue weighted by Gasteiger charge is -2.37. The van der Waals surface area contributed by atoms with E-state index in [4.69, 9.17) is 4.42 Å². The van der Waals surface area contributed by atoms with Crippen LogP contribution in [0.2, 0.25) is 0 Å². The normalized spacial score (nSPS) is 16.7. The highest BCUT2D eigenvalue weighted by molar-refractivity contribution is 5.77. The summed E-state index contributed by atoms with van der Waals surface area (Å²) in [6.45, 7) is 11.4. The Bertz CT molecular complexity index is 1050. The van der Waals surface area contributed by atoms with Gasteiger partial charge in [0.05, 0.1) is 6.04 Å². The van der Waals surface area contributed by atoms with Crippen LogP contribution in [0.15, 0.2) is 52.9 Å². The Balaban J connectivity index is 1.32. The predicted molar refractivity (Wildman–Crippen MR) is 125 cm³/mol. The third-order valence-corrected chi connectivity index (χ3v) is 6.62. The van der Waals surface area contributed by atoms with Crippen LogP contribution in [0, 0.1) is 13.8 Å². The third kappa shape index (κ3) is 4.91. The van der Waals surface area contributed by atoms with Crippen molar-refractivity contribution >= 4 is 5.91 Å². The number of nitrogens with zero attached hydrogens (tertiary/aromatic N) is 4. The molecule has 1 aliphatic heterocycles. The number of rotatable bonds is 6. The largest absolute Gasteiger partial charge is 0.419 e. The van der Waals surface area contributed by atoms with Gasteiger partial charge in [0.15, 0.2) is 0 Å². The van der Waals surface area contributed by atoms with Gasteiger partial charge in [-0.2, -0.15) is 0 Å². The Kier molecular flexibility index (Phi) is 6.70. The molecule has 6 nitrogen and oxygen atoms in total. The minimum Gasteiger partial charge on any atom is -0.419 e. The fraction of sp³-hybridized carbons (Fsp3) is 0.423. The number of amides is 1. The van der Waals surface area contributed by atoms with Crippen molar-refractivity contribution in [1.82, 2.24) is 20.0 Å². The fourth-order valence-corrected chi connectivity index (χ4v) is 4.20. The average molecular weight is 433 g/mol. The van der Waals surface area contributed by atoms with E-state index in [1.807, 2.05) is 29.2 Å². The lowest BCUT2D eigenvalue weighted by Crippen LogP contribution is -2.49. The van der Waals surface area contributed by atoms with E-state index in [0.717, 1.165) is 31.7 Å². The standard InChI is InChI=1S/C26H32N4O2/c1-18-10-11-23(16-19(18)2)26-28-27-25(32-26)21(4)29-12-14-30(15-13-29)24(31)17-20(3)22-8-6-5-7-9-22/h5-11,16,20-21H,12-15,17H2,1-4H3. The van der Waals surface area contributed by atoms with E-state index in [9.17, 15) is 4.79 Å². The van der Waals surface area contributed by atoms with Gasteiger partial charge in [-0.05, 0) is 55.5 Å². The molecular formula is C26H32N4O2. The van der Waals surface area contributed by atoms with E-state index in [0.29, 0.717) is 18.2 Å². The minimum atomic E-state index is 0.0169. The van der Waals surface area contributed by atoms with Crippen molar-refractivity contribution in [3.05, 3.63) is 71.1 Å². The zero-order valence-corrected chi connectivity index (χ0v) is 19.4. The molecule has 32 heavy (non-hydrogen) atoms. The van der Waals surface area contributed by atoms with Crippen molar-refractivity contribution in [3.8, 4) is 11.5 Å². The molecule has 2 aromatic carbocycles. The first-order valence-corrected chi connectivity index (χ1v) is 11.4. The molecule has 3 aromatic rings. The molecule has 0 bridgehead atoms. The van der Waals surface area contributed by atoms with Gasteiger partial charge in [-0.3, -0.25) is 9.69 Å². The van der Waals surface area contributed by atoms with Gasteiger partial charge < -0.3 is 9.32 Å². The molecular weight excluding hydrogens is 400 g/mol. The van der Waals surface area contributed by atoms with Crippen molar-refractivity contribution in [2.75, 3.05) is 26.2 Å². The second-order valence-corrected chi connectivity index (χ2v) is 8.85. The zero-order valence-electron chi connectivity index (χ0n) is 19.4. The Morgan fingerprint density at radius 1 is 0.969 bits per heavy atom. The van der Waals surface area contributed by atoms with Crippen LogP contribution in [-0.4, -0.2) is 52.1 Å². The number of aromatic nitrogens is 2. The average Bonchev–Trinajstić information content (AvgIpc) is 3.31. The van der Waals surface area contributed by atoms with E-state index in [-0.39, 0.29) is 17.9 Å². The number of carbonyl (C=O) groups excluding carboxylic acids is 1. The maximum Gasteiger partial charge on any atom is 0.247 e. The van der Waals surface area contributed by atoms with Crippen LogP contribution in [0.5, 0.6) is 0 Å². The SMILES string of the molecule is Cc1ccc(-c2nnc(C(C)N3CCN(C(=O)CC(C)c4ccccc4)CC3)o2)cc1C. The lowest BCUT2D eigenvalue weighted by molar-refractivity contribution is -0.133. The molecule has 1 aromatic heterocycles. The van der Waals surface area contributed by atoms with E-state index < -0.39 is 0 Å².